The summed E-state index contributed by atoms with van der Waals surface area (Å²) in [5.74, 6) is -0.846. The first kappa shape index (κ1) is 52.5. The SMILES string of the molecule is CCCCCC/C=C/CCCCCCCC(=O)O[C@H](COC(=O)CCCCCCCCC/C=C/CCCCCCCC)COP(=O)([O-])OCC[N+](C)(C)C. The summed E-state index contributed by atoms with van der Waals surface area (Å²) in [6.45, 7) is 4.20. The third kappa shape index (κ3) is 40.2. The molecule has 0 fully saturated rings. The number of rotatable bonds is 40. The second kappa shape index (κ2) is 37.1. The van der Waals surface area contributed by atoms with Crippen LogP contribution in [0.5, 0.6) is 0 Å². The summed E-state index contributed by atoms with van der Waals surface area (Å²) in [5, 5.41) is 0. The van der Waals surface area contributed by atoms with E-state index in [1.807, 2.05) is 21.1 Å². The first-order valence-electron chi connectivity index (χ1n) is 22.0. The van der Waals surface area contributed by atoms with Gasteiger partial charge in [0, 0.05) is 12.8 Å². The molecule has 0 saturated heterocycles. The molecule has 10 heteroatoms. The van der Waals surface area contributed by atoms with Crippen molar-refractivity contribution in [1.82, 2.24) is 0 Å². The number of nitrogens with zero attached hydrogens (tertiary/aromatic N) is 1. The molecule has 0 bridgehead atoms. The molecule has 0 saturated carbocycles. The summed E-state index contributed by atoms with van der Waals surface area (Å²) >= 11 is 0. The highest BCUT2D eigenvalue weighted by Crippen LogP contribution is 2.38. The Kier molecular flexibility index (Phi) is 36.1. The van der Waals surface area contributed by atoms with Gasteiger partial charge in [-0.25, -0.2) is 0 Å². The predicted octanol–water partition coefficient (Wildman–Crippen LogP) is 11.7. The fraction of sp³-hybridized carbons (Fsp3) is 0.864. The first-order chi connectivity index (χ1) is 26.0. The molecule has 54 heavy (non-hydrogen) atoms. The molecule has 0 aromatic heterocycles. The Bertz CT molecular complexity index is 980. The van der Waals surface area contributed by atoms with Crippen molar-refractivity contribution in [3.8, 4) is 0 Å². The molecule has 318 valence electrons. The maximum atomic E-state index is 12.6. The third-order valence-corrected chi connectivity index (χ3v) is 10.4. The largest absolute Gasteiger partial charge is 0.756 e. The maximum absolute atomic E-state index is 12.6. The number of likely N-dealkylation sites (N-methyl/N-ethyl adjacent to an activating group) is 1. The quantitative estimate of drug-likeness (QED) is 0.0198. The van der Waals surface area contributed by atoms with Crippen molar-refractivity contribution < 1.29 is 42.1 Å². The lowest BCUT2D eigenvalue weighted by Gasteiger charge is -2.28. The molecule has 1 unspecified atom stereocenters. The lowest BCUT2D eigenvalue weighted by atomic mass is 10.1. The standard InChI is InChI=1S/C44H84NO8P/c1-6-8-10-12-14-16-18-20-21-22-23-25-26-28-30-32-34-36-43(46)50-40-42(41-52-54(48,49)51-39-38-45(3,4)5)53-44(47)37-35-33-31-29-27-24-19-17-15-13-11-9-7-2/h17,19-21,42H,6-16,18,22-41H2,1-5H3/b19-17+,21-20+/t42-/m1/s1. The van der Waals surface area contributed by atoms with Crippen LogP contribution in [0.1, 0.15) is 194 Å². The van der Waals surface area contributed by atoms with Gasteiger partial charge < -0.3 is 27.9 Å². The zero-order valence-corrected chi connectivity index (χ0v) is 36.6. The Morgan fingerprint density at radius 1 is 0.556 bits per heavy atom. The monoisotopic (exact) mass is 786 g/mol. The van der Waals surface area contributed by atoms with Gasteiger partial charge in [0.1, 0.15) is 19.8 Å². The number of esters is 2. The van der Waals surface area contributed by atoms with Crippen LogP contribution in [0.2, 0.25) is 0 Å². The Morgan fingerprint density at radius 2 is 0.944 bits per heavy atom. The summed E-state index contributed by atoms with van der Waals surface area (Å²) in [6.07, 6.45) is 39.1. The highest BCUT2D eigenvalue weighted by atomic mass is 31.2. The molecule has 0 aromatic carbocycles. The van der Waals surface area contributed by atoms with E-state index in [4.69, 9.17) is 18.5 Å². The summed E-state index contributed by atoms with van der Waals surface area (Å²) in [4.78, 5) is 37.5. The molecular weight excluding hydrogens is 701 g/mol. The summed E-state index contributed by atoms with van der Waals surface area (Å²) in [5.41, 5.74) is 0. The van der Waals surface area contributed by atoms with E-state index < -0.39 is 26.5 Å². The second-order valence-corrected chi connectivity index (χ2v) is 17.5. The molecule has 9 nitrogen and oxygen atoms in total. The molecule has 0 aliphatic carbocycles. The molecule has 0 spiro atoms. The average molecular weight is 786 g/mol. The van der Waals surface area contributed by atoms with E-state index in [2.05, 4.69) is 38.2 Å². The lowest BCUT2D eigenvalue weighted by Crippen LogP contribution is -2.37. The Hall–Kier alpha value is -1.51. The summed E-state index contributed by atoms with van der Waals surface area (Å²) in [6, 6.07) is 0. The molecule has 0 amide bonds. The van der Waals surface area contributed by atoms with E-state index >= 15 is 0 Å². The van der Waals surface area contributed by atoms with E-state index in [1.165, 1.54) is 96.3 Å². The van der Waals surface area contributed by atoms with Crippen LogP contribution in [0.3, 0.4) is 0 Å². The minimum Gasteiger partial charge on any atom is -0.756 e. The number of carbonyl (C=O) groups is 2. The van der Waals surface area contributed by atoms with Gasteiger partial charge in [0.2, 0.25) is 0 Å². The van der Waals surface area contributed by atoms with Crippen molar-refractivity contribution in [1.29, 1.82) is 0 Å². The van der Waals surface area contributed by atoms with Gasteiger partial charge in [0.25, 0.3) is 7.82 Å². The number of quaternary nitrogens is 1. The van der Waals surface area contributed by atoms with E-state index in [0.29, 0.717) is 17.4 Å². The highest BCUT2D eigenvalue weighted by Gasteiger charge is 2.21. The number of ether oxygens (including phenoxy) is 2. The Labute approximate surface area is 332 Å². The van der Waals surface area contributed by atoms with Crippen LogP contribution in [-0.2, 0) is 32.7 Å². The first-order valence-corrected chi connectivity index (χ1v) is 23.5. The number of hydrogen-bond acceptors (Lipinski definition) is 8. The van der Waals surface area contributed by atoms with Crippen molar-refractivity contribution in [2.45, 2.75) is 200 Å². The molecular formula is C44H84NO8P. The Balaban J connectivity index is 4.35. The van der Waals surface area contributed by atoms with Crippen molar-refractivity contribution >= 4 is 19.8 Å². The summed E-state index contributed by atoms with van der Waals surface area (Å²) < 4.78 is 33.9. The minimum atomic E-state index is -4.62. The van der Waals surface area contributed by atoms with Crippen LogP contribution in [0.15, 0.2) is 24.3 Å². The molecule has 0 aliphatic rings. The van der Waals surface area contributed by atoms with Gasteiger partial charge in [-0.15, -0.1) is 0 Å². The fourth-order valence-corrected chi connectivity index (χ4v) is 6.67. The van der Waals surface area contributed by atoms with Crippen LogP contribution in [-0.4, -0.2) is 70.0 Å². The van der Waals surface area contributed by atoms with Crippen LogP contribution in [0.25, 0.3) is 0 Å². The van der Waals surface area contributed by atoms with Gasteiger partial charge >= 0.3 is 11.9 Å². The van der Waals surface area contributed by atoms with Gasteiger partial charge in [-0.05, 0) is 64.2 Å². The molecule has 0 radical (unpaired) electrons. The van der Waals surface area contributed by atoms with Crippen LogP contribution in [0.4, 0.5) is 0 Å². The average Bonchev–Trinajstić information content (AvgIpc) is 3.12. The Morgan fingerprint density at radius 3 is 1.39 bits per heavy atom. The maximum Gasteiger partial charge on any atom is 0.306 e. The zero-order valence-electron chi connectivity index (χ0n) is 35.7. The van der Waals surface area contributed by atoms with Crippen molar-refractivity contribution in [2.24, 2.45) is 0 Å². The van der Waals surface area contributed by atoms with Crippen molar-refractivity contribution in [3.05, 3.63) is 24.3 Å². The predicted molar refractivity (Wildman–Crippen MR) is 222 cm³/mol. The van der Waals surface area contributed by atoms with Crippen LogP contribution in [0, 0.1) is 0 Å². The van der Waals surface area contributed by atoms with E-state index in [0.717, 1.165) is 64.2 Å². The molecule has 0 rings (SSSR count). The van der Waals surface area contributed by atoms with Gasteiger partial charge in [-0.3, -0.25) is 14.2 Å². The van der Waals surface area contributed by atoms with Crippen molar-refractivity contribution in [3.63, 3.8) is 0 Å². The fourth-order valence-electron chi connectivity index (χ4n) is 5.94. The van der Waals surface area contributed by atoms with Crippen molar-refractivity contribution in [2.75, 3.05) is 47.5 Å². The molecule has 0 aromatic rings. The second-order valence-electron chi connectivity index (χ2n) is 16.1. The summed E-state index contributed by atoms with van der Waals surface area (Å²) in [7, 11) is 1.16. The number of allylic oxidation sites excluding steroid dienone is 4. The van der Waals surface area contributed by atoms with E-state index in [-0.39, 0.29) is 32.0 Å². The lowest BCUT2D eigenvalue weighted by molar-refractivity contribution is -0.870. The van der Waals surface area contributed by atoms with Gasteiger partial charge in [0.05, 0.1) is 27.7 Å². The number of unbranched alkanes of at least 4 members (excludes halogenated alkanes) is 22. The van der Waals surface area contributed by atoms with Crippen LogP contribution >= 0.6 is 7.82 Å². The number of phosphoric ester groups is 1. The number of carbonyl (C=O) groups excluding carboxylic acids is 2. The smallest absolute Gasteiger partial charge is 0.306 e. The molecule has 0 aliphatic heterocycles. The van der Waals surface area contributed by atoms with E-state index in [9.17, 15) is 19.0 Å². The highest BCUT2D eigenvalue weighted by molar-refractivity contribution is 7.45. The topological polar surface area (TPSA) is 111 Å². The minimum absolute atomic E-state index is 0.0320. The normalized spacial score (nSPS) is 13.8. The molecule has 0 N–H and O–H groups in total. The molecule has 2 atom stereocenters. The van der Waals surface area contributed by atoms with Gasteiger partial charge in [0.15, 0.2) is 6.10 Å². The third-order valence-electron chi connectivity index (χ3n) is 9.44. The van der Waals surface area contributed by atoms with Gasteiger partial charge in [-0.2, -0.15) is 0 Å². The molecule has 0 heterocycles. The number of hydrogen-bond donors (Lipinski definition) is 0. The van der Waals surface area contributed by atoms with E-state index in [1.54, 1.807) is 0 Å². The number of phosphoric acid groups is 1. The van der Waals surface area contributed by atoms with Crippen LogP contribution < -0.4 is 4.89 Å². The van der Waals surface area contributed by atoms with Gasteiger partial charge in [-0.1, -0.05) is 141 Å². The zero-order chi connectivity index (χ0) is 40.0.